The Morgan fingerprint density at radius 1 is 1.00 bits per heavy atom. The first kappa shape index (κ1) is 22.5. The normalized spacial score (nSPS) is 15.1. The number of ether oxygens (including phenoxy) is 1. The van der Waals surface area contributed by atoms with Crippen molar-refractivity contribution < 1.29 is 32.3 Å². The smallest absolute Gasteiger partial charge is 0.417 e. The van der Waals surface area contributed by atoms with Crippen LogP contribution < -0.4 is 5.32 Å². The van der Waals surface area contributed by atoms with E-state index in [-0.39, 0.29) is 38.6 Å². The third kappa shape index (κ3) is 6.37. The fraction of sp³-hybridized carbons (Fsp3) is 0.526. The lowest BCUT2D eigenvalue weighted by Crippen LogP contribution is -2.53. The van der Waals surface area contributed by atoms with Crippen molar-refractivity contribution in [2.24, 2.45) is 0 Å². The summed E-state index contributed by atoms with van der Waals surface area (Å²) in [6.45, 7) is 5.35. The zero-order chi connectivity index (χ0) is 21.8. The van der Waals surface area contributed by atoms with Crippen LogP contribution in [0.15, 0.2) is 24.3 Å². The quantitative estimate of drug-likeness (QED) is 0.823. The molecule has 0 radical (unpaired) electrons. The number of alkyl halides is 3. The van der Waals surface area contributed by atoms with E-state index in [9.17, 15) is 27.6 Å². The van der Waals surface area contributed by atoms with Crippen molar-refractivity contribution in [1.29, 1.82) is 0 Å². The van der Waals surface area contributed by atoms with Crippen molar-refractivity contribution in [3.63, 3.8) is 0 Å². The highest BCUT2D eigenvalue weighted by molar-refractivity contribution is 5.96. The lowest BCUT2D eigenvalue weighted by Gasteiger charge is -2.35. The summed E-state index contributed by atoms with van der Waals surface area (Å²) < 4.78 is 44.4. The molecule has 7 nitrogen and oxygen atoms in total. The highest BCUT2D eigenvalue weighted by Gasteiger charge is 2.36. The van der Waals surface area contributed by atoms with Crippen molar-refractivity contribution >= 4 is 17.9 Å². The minimum absolute atomic E-state index is 0.100. The summed E-state index contributed by atoms with van der Waals surface area (Å²) in [6.07, 6.45) is -5.35. The van der Waals surface area contributed by atoms with Crippen molar-refractivity contribution in [2.75, 3.05) is 32.7 Å². The number of nitrogens with zero attached hydrogens (tertiary/aromatic N) is 2. The fourth-order valence-electron chi connectivity index (χ4n) is 2.82. The van der Waals surface area contributed by atoms with Crippen molar-refractivity contribution in [3.8, 4) is 0 Å². The van der Waals surface area contributed by atoms with Gasteiger partial charge in [0.15, 0.2) is 0 Å². The molecular weight excluding hydrogens is 391 g/mol. The third-order valence-electron chi connectivity index (χ3n) is 4.17. The standard InChI is InChI=1S/C19H24F3N3O4/c1-18(2,3)29-17(28)23-12-15(26)24-8-10-25(11-9-24)16(27)13-6-4-5-7-14(13)19(20,21)22/h4-7H,8-12H2,1-3H3,(H,23,28). The summed E-state index contributed by atoms with van der Waals surface area (Å²) in [4.78, 5) is 39.1. The number of rotatable bonds is 3. The first-order chi connectivity index (χ1) is 13.4. The molecule has 1 aromatic rings. The second-order valence-electron chi connectivity index (χ2n) is 7.57. The van der Waals surface area contributed by atoms with E-state index in [1.165, 1.54) is 21.9 Å². The molecule has 0 saturated carbocycles. The number of alkyl carbamates (subject to hydrolysis) is 1. The zero-order valence-electron chi connectivity index (χ0n) is 16.5. The van der Waals surface area contributed by atoms with E-state index in [1.807, 2.05) is 0 Å². The lowest BCUT2D eigenvalue weighted by molar-refractivity contribution is -0.138. The van der Waals surface area contributed by atoms with Crippen LogP contribution in [0, 0.1) is 0 Å². The Balaban J connectivity index is 1.90. The molecule has 3 amide bonds. The van der Waals surface area contributed by atoms with E-state index in [2.05, 4.69) is 5.32 Å². The Morgan fingerprint density at radius 2 is 1.55 bits per heavy atom. The molecule has 1 heterocycles. The minimum Gasteiger partial charge on any atom is -0.444 e. The Labute approximate surface area is 166 Å². The maximum atomic E-state index is 13.1. The van der Waals surface area contributed by atoms with Gasteiger partial charge in [-0.05, 0) is 32.9 Å². The van der Waals surface area contributed by atoms with Gasteiger partial charge in [0.25, 0.3) is 5.91 Å². The van der Waals surface area contributed by atoms with Crippen LogP contribution in [-0.2, 0) is 15.7 Å². The van der Waals surface area contributed by atoms with Gasteiger partial charge >= 0.3 is 12.3 Å². The minimum atomic E-state index is -4.63. The Bertz CT molecular complexity index is 767. The van der Waals surface area contributed by atoms with Gasteiger partial charge in [-0.15, -0.1) is 0 Å². The monoisotopic (exact) mass is 415 g/mol. The van der Waals surface area contributed by atoms with Crippen LogP contribution in [0.1, 0.15) is 36.7 Å². The van der Waals surface area contributed by atoms with Crippen molar-refractivity contribution in [2.45, 2.75) is 32.5 Å². The van der Waals surface area contributed by atoms with Crippen LogP contribution in [0.4, 0.5) is 18.0 Å². The highest BCUT2D eigenvalue weighted by atomic mass is 19.4. The summed E-state index contributed by atoms with van der Waals surface area (Å²) in [7, 11) is 0. The summed E-state index contributed by atoms with van der Waals surface area (Å²) in [5.74, 6) is -1.09. The third-order valence-corrected chi connectivity index (χ3v) is 4.17. The number of hydrogen-bond donors (Lipinski definition) is 1. The van der Waals surface area contributed by atoms with Crippen LogP contribution in [0.2, 0.25) is 0 Å². The highest BCUT2D eigenvalue weighted by Crippen LogP contribution is 2.32. The summed E-state index contributed by atoms with van der Waals surface area (Å²) in [6, 6.07) is 4.63. The second kappa shape index (κ2) is 8.71. The second-order valence-corrected chi connectivity index (χ2v) is 7.57. The molecule has 0 spiro atoms. The number of piperazine rings is 1. The van der Waals surface area contributed by atoms with Gasteiger partial charge in [0.2, 0.25) is 5.91 Å². The topological polar surface area (TPSA) is 79.0 Å². The van der Waals surface area contributed by atoms with Gasteiger partial charge < -0.3 is 19.9 Å². The molecule has 1 aliphatic rings. The number of benzene rings is 1. The maximum absolute atomic E-state index is 13.1. The van der Waals surface area contributed by atoms with Crippen molar-refractivity contribution in [3.05, 3.63) is 35.4 Å². The summed E-state index contributed by atoms with van der Waals surface area (Å²) >= 11 is 0. The maximum Gasteiger partial charge on any atom is 0.417 e. The average Bonchev–Trinajstić information content (AvgIpc) is 2.63. The van der Waals surface area contributed by atoms with Crippen LogP contribution >= 0.6 is 0 Å². The summed E-state index contributed by atoms with van der Waals surface area (Å²) in [5.41, 5.74) is -2.08. The molecule has 10 heteroatoms. The molecule has 29 heavy (non-hydrogen) atoms. The molecular formula is C19H24F3N3O4. The Hall–Kier alpha value is -2.78. The zero-order valence-corrected chi connectivity index (χ0v) is 16.5. The predicted molar refractivity (Wildman–Crippen MR) is 98.2 cm³/mol. The number of hydrogen-bond acceptors (Lipinski definition) is 4. The number of amides is 3. The Kier molecular flexibility index (Phi) is 6.76. The molecule has 1 saturated heterocycles. The van der Waals surface area contributed by atoms with Crippen LogP contribution in [0.5, 0.6) is 0 Å². The van der Waals surface area contributed by atoms with Gasteiger partial charge in [0.1, 0.15) is 12.1 Å². The molecule has 160 valence electrons. The van der Waals surface area contributed by atoms with Gasteiger partial charge in [0.05, 0.1) is 11.1 Å². The molecule has 1 aromatic carbocycles. The number of halogens is 3. The van der Waals surface area contributed by atoms with Gasteiger partial charge in [-0.25, -0.2) is 4.79 Å². The summed E-state index contributed by atoms with van der Waals surface area (Å²) in [5, 5.41) is 2.36. The lowest BCUT2D eigenvalue weighted by atomic mass is 10.1. The van der Waals surface area contributed by atoms with E-state index in [0.29, 0.717) is 0 Å². The molecule has 0 aromatic heterocycles. The van der Waals surface area contributed by atoms with Gasteiger partial charge in [-0.3, -0.25) is 9.59 Å². The molecule has 0 aliphatic carbocycles. The van der Waals surface area contributed by atoms with Crippen molar-refractivity contribution in [1.82, 2.24) is 15.1 Å². The molecule has 1 N–H and O–H groups in total. The van der Waals surface area contributed by atoms with Crippen LogP contribution in [0.3, 0.4) is 0 Å². The first-order valence-electron chi connectivity index (χ1n) is 9.08. The van der Waals surface area contributed by atoms with Gasteiger partial charge in [0, 0.05) is 26.2 Å². The van der Waals surface area contributed by atoms with Crippen LogP contribution in [0.25, 0.3) is 0 Å². The fourth-order valence-corrected chi connectivity index (χ4v) is 2.82. The van der Waals surface area contributed by atoms with E-state index in [4.69, 9.17) is 4.74 Å². The molecule has 0 bridgehead atoms. The Morgan fingerprint density at radius 3 is 2.10 bits per heavy atom. The molecule has 0 atom stereocenters. The van der Waals surface area contributed by atoms with E-state index in [0.717, 1.165) is 12.1 Å². The number of carbonyl (C=O) groups is 3. The van der Waals surface area contributed by atoms with Crippen LogP contribution in [-0.4, -0.2) is 66.0 Å². The number of carbonyl (C=O) groups excluding carboxylic acids is 3. The van der Waals surface area contributed by atoms with E-state index >= 15 is 0 Å². The molecule has 1 fully saturated rings. The van der Waals surface area contributed by atoms with E-state index in [1.54, 1.807) is 20.8 Å². The average molecular weight is 415 g/mol. The van der Waals surface area contributed by atoms with Gasteiger partial charge in [-0.1, -0.05) is 12.1 Å². The first-order valence-corrected chi connectivity index (χ1v) is 9.08. The largest absolute Gasteiger partial charge is 0.444 e. The molecule has 1 aliphatic heterocycles. The SMILES string of the molecule is CC(C)(C)OC(=O)NCC(=O)N1CCN(C(=O)c2ccccc2C(F)(F)F)CC1. The molecule has 0 unspecified atom stereocenters. The predicted octanol–water partition coefficient (Wildman–Crippen LogP) is 2.51. The van der Waals surface area contributed by atoms with E-state index < -0.39 is 34.9 Å². The number of nitrogens with one attached hydrogen (secondary N) is 1. The molecule has 2 rings (SSSR count). The van der Waals surface area contributed by atoms with Gasteiger partial charge in [-0.2, -0.15) is 13.2 Å².